The molecule has 3 aromatic rings. The molecule has 29 heavy (non-hydrogen) atoms. The molecule has 2 aromatic heterocycles. The SMILES string of the molecule is C.Cn1c(=O)c([N+](=O)[O-])c(N2CCN(C(=O)c3ccsc3)CC2)c2ccccc21. The van der Waals surface area contributed by atoms with Gasteiger partial charge in [-0.25, -0.2) is 0 Å². The first-order chi connectivity index (χ1) is 13.5. The summed E-state index contributed by atoms with van der Waals surface area (Å²) in [5.74, 6) is -0.0377. The van der Waals surface area contributed by atoms with Gasteiger partial charge in [-0.3, -0.25) is 19.7 Å². The molecule has 0 spiro atoms. The second kappa shape index (κ2) is 8.04. The third-order valence-corrected chi connectivity index (χ3v) is 5.77. The molecule has 0 atom stereocenters. The van der Waals surface area contributed by atoms with E-state index in [-0.39, 0.29) is 13.3 Å². The van der Waals surface area contributed by atoms with Crippen LogP contribution in [-0.2, 0) is 7.05 Å². The molecule has 4 rings (SSSR count). The molecule has 0 aliphatic carbocycles. The molecular weight excluding hydrogens is 392 g/mol. The van der Waals surface area contributed by atoms with Crippen LogP contribution in [0.15, 0.2) is 45.9 Å². The Labute approximate surface area is 171 Å². The highest BCUT2D eigenvalue weighted by Gasteiger charge is 2.31. The Hall–Kier alpha value is -3.20. The second-order valence-corrected chi connectivity index (χ2v) is 7.41. The average molecular weight is 414 g/mol. The molecule has 3 heterocycles. The maximum atomic E-state index is 12.6. The summed E-state index contributed by atoms with van der Waals surface area (Å²) < 4.78 is 1.31. The van der Waals surface area contributed by atoms with Crippen molar-refractivity contribution in [2.24, 2.45) is 7.05 Å². The van der Waals surface area contributed by atoms with Gasteiger partial charge in [0.2, 0.25) is 0 Å². The maximum Gasteiger partial charge on any atom is 0.357 e. The molecular formula is C20H22N4O4S. The zero-order chi connectivity index (χ0) is 19.8. The predicted octanol–water partition coefficient (Wildman–Crippen LogP) is 3.11. The van der Waals surface area contributed by atoms with Gasteiger partial charge in [0.1, 0.15) is 5.69 Å². The summed E-state index contributed by atoms with van der Waals surface area (Å²) in [5, 5.41) is 16.0. The van der Waals surface area contributed by atoms with Gasteiger partial charge >= 0.3 is 11.2 Å². The van der Waals surface area contributed by atoms with Gasteiger partial charge in [-0.15, -0.1) is 0 Å². The van der Waals surface area contributed by atoms with Crippen molar-refractivity contribution in [2.45, 2.75) is 7.43 Å². The highest BCUT2D eigenvalue weighted by Crippen LogP contribution is 2.33. The van der Waals surface area contributed by atoms with Gasteiger partial charge in [0.05, 0.1) is 16.0 Å². The average Bonchev–Trinajstić information content (AvgIpc) is 3.25. The number of para-hydroxylation sites is 1. The molecule has 0 bridgehead atoms. The summed E-state index contributed by atoms with van der Waals surface area (Å²) in [6.07, 6.45) is 0. The largest absolute Gasteiger partial charge is 0.362 e. The fourth-order valence-corrected chi connectivity index (χ4v) is 4.28. The zero-order valence-electron chi connectivity index (χ0n) is 15.2. The lowest BCUT2D eigenvalue weighted by atomic mass is 10.1. The smallest absolute Gasteiger partial charge is 0.357 e. The van der Waals surface area contributed by atoms with Crippen LogP contribution in [0.3, 0.4) is 0 Å². The number of aryl methyl sites for hydroxylation is 1. The Balaban J connectivity index is 0.00000240. The number of thiophene rings is 1. The van der Waals surface area contributed by atoms with E-state index in [1.54, 1.807) is 42.3 Å². The van der Waals surface area contributed by atoms with Gasteiger partial charge in [-0.05, 0) is 17.5 Å². The summed E-state index contributed by atoms with van der Waals surface area (Å²) in [5.41, 5.74) is 0.592. The van der Waals surface area contributed by atoms with Crippen molar-refractivity contribution in [1.82, 2.24) is 9.47 Å². The minimum atomic E-state index is -0.629. The fourth-order valence-electron chi connectivity index (χ4n) is 3.65. The number of rotatable bonds is 3. The highest BCUT2D eigenvalue weighted by atomic mass is 32.1. The molecule has 0 unspecified atom stereocenters. The number of carbonyl (C=O) groups excluding carboxylic acids is 1. The molecule has 152 valence electrons. The summed E-state index contributed by atoms with van der Waals surface area (Å²) >= 11 is 1.47. The number of nitrogens with zero attached hydrogens (tertiary/aromatic N) is 4. The molecule has 1 fully saturated rings. The number of aromatic nitrogens is 1. The van der Waals surface area contributed by atoms with Crippen LogP contribution in [-0.4, -0.2) is 46.5 Å². The summed E-state index contributed by atoms with van der Waals surface area (Å²) in [4.78, 5) is 39.9. The maximum absolute atomic E-state index is 12.6. The van der Waals surface area contributed by atoms with E-state index in [0.29, 0.717) is 48.3 Å². The van der Waals surface area contributed by atoms with Crippen LogP contribution in [0.2, 0.25) is 0 Å². The van der Waals surface area contributed by atoms with Gasteiger partial charge < -0.3 is 14.4 Å². The molecule has 0 radical (unpaired) electrons. The van der Waals surface area contributed by atoms with Crippen molar-refractivity contribution in [1.29, 1.82) is 0 Å². The second-order valence-electron chi connectivity index (χ2n) is 6.63. The molecule has 9 heteroatoms. The van der Waals surface area contributed by atoms with Crippen LogP contribution in [0.5, 0.6) is 0 Å². The van der Waals surface area contributed by atoms with E-state index in [0.717, 1.165) is 0 Å². The Morgan fingerprint density at radius 3 is 2.45 bits per heavy atom. The number of hydrogen-bond acceptors (Lipinski definition) is 6. The number of piperazine rings is 1. The van der Waals surface area contributed by atoms with Crippen molar-refractivity contribution in [2.75, 3.05) is 31.1 Å². The van der Waals surface area contributed by atoms with E-state index < -0.39 is 16.2 Å². The number of amides is 1. The number of hydrogen-bond donors (Lipinski definition) is 0. The number of benzene rings is 1. The zero-order valence-corrected chi connectivity index (χ0v) is 16.0. The van der Waals surface area contributed by atoms with Crippen LogP contribution < -0.4 is 10.5 Å². The number of pyridine rings is 1. The lowest BCUT2D eigenvalue weighted by Crippen LogP contribution is -2.49. The number of fused-ring (bicyclic) bond motifs is 1. The summed E-state index contributed by atoms with van der Waals surface area (Å²) in [6.45, 7) is 1.73. The summed E-state index contributed by atoms with van der Waals surface area (Å²) in [6, 6.07) is 8.96. The molecule has 1 aliphatic heterocycles. The monoisotopic (exact) mass is 414 g/mol. The molecule has 1 amide bonds. The Bertz CT molecular complexity index is 1120. The van der Waals surface area contributed by atoms with Gasteiger partial charge in [-0.1, -0.05) is 25.6 Å². The number of carbonyl (C=O) groups is 1. The van der Waals surface area contributed by atoms with Crippen molar-refractivity contribution < 1.29 is 9.72 Å². The van der Waals surface area contributed by atoms with Gasteiger partial charge in [0, 0.05) is 44.0 Å². The van der Waals surface area contributed by atoms with Crippen LogP contribution >= 0.6 is 11.3 Å². The summed E-state index contributed by atoms with van der Waals surface area (Å²) in [7, 11) is 1.54. The molecule has 1 aromatic carbocycles. The van der Waals surface area contributed by atoms with Gasteiger partial charge in [-0.2, -0.15) is 11.3 Å². The van der Waals surface area contributed by atoms with Crippen molar-refractivity contribution in [3.05, 3.63) is 67.1 Å². The highest BCUT2D eigenvalue weighted by molar-refractivity contribution is 7.08. The molecule has 1 saturated heterocycles. The number of nitro groups is 1. The minimum absolute atomic E-state index is 0. The predicted molar refractivity (Wildman–Crippen MR) is 115 cm³/mol. The Morgan fingerprint density at radius 1 is 1.14 bits per heavy atom. The molecule has 8 nitrogen and oxygen atoms in total. The first kappa shape index (κ1) is 20.5. The van der Waals surface area contributed by atoms with Crippen LogP contribution in [0.25, 0.3) is 10.9 Å². The van der Waals surface area contributed by atoms with Gasteiger partial charge in [0.15, 0.2) is 0 Å². The van der Waals surface area contributed by atoms with Crippen LogP contribution in [0, 0.1) is 10.1 Å². The minimum Gasteiger partial charge on any atom is -0.362 e. The Kier molecular flexibility index (Phi) is 5.69. The van der Waals surface area contributed by atoms with E-state index >= 15 is 0 Å². The van der Waals surface area contributed by atoms with Crippen LogP contribution in [0.4, 0.5) is 11.4 Å². The van der Waals surface area contributed by atoms with Gasteiger partial charge in [0.25, 0.3) is 5.91 Å². The standard InChI is InChI=1S/C19H18N4O4S.CH4/c1-20-15-5-3-2-4-14(15)16(17(19(20)25)23(26)27)21-7-9-22(10-8-21)18(24)13-6-11-28-12-13;/h2-6,11-12H,7-10H2,1H3;1H4. The Morgan fingerprint density at radius 2 is 1.83 bits per heavy atom. The molecule has 1 aliphatic rings. The topological polar surface area (TPSA) is 88.7 Å². The number of anilines is 1. The van der Waals surface area contributed by atoms with Crippen molar-refractivity contribution in [3.8, 4) is 0 Å². The quantitative estimate of drug-likeness (QED) is 0.485. The lowest BCUT2D eigenvalue weighted by molar-refractivity contribution is -0.385. The van der Waals surface area contributed by atoms with E-state index in [4.69, 9.17) is 0 Å². The fraction of sp³-hybridized carbons (Fsp3) is 0.300. The third kappa shape index (κ3) is 3.49. The normalized spacial score (nSPS) is 14.0. The first-order valence-corrected chi connectivity index (χ1v) is 9.76. The van der Waals surface area contributed by atoms with Crippen molar-refractivity contribution in [3.63, 3.8) is 0 Å². The first-order valence-electron chi connectivity index (χ1n) is 8.81. The lowest BCUT2D eigenvalue weighted by Gasteiger charge is -2.36. The van der Waals surface area contributed by atoms with E-state index in [9.17, 15) is 19.7 Å². The van der Waals surface area contributed by atoms with Crippen molar-refractivity contribution >= 4 is 39.5 Å². The molecule has 0 N–H and O–H groups in total. The van der Waals surface area contributed by atoms with E-state index in [2.05, 4.69) is 0 Å². The third-order valence-electron chi connectivity index (χ3n) is 5.09. The van der Waals surface area contributed by atoms with E-state index in [1.165, 1.54) is 15.9 Å². The molecule has 0 saturated carbocycles. The van der Waals surface area contributed by atoms with E-state index in [1.807, 2.05) is 15.7 Å². The van der Waals surface area contributed by atoms with Crippen LogP contribution in [0.1, 0.15) is 17.8 Å².